The summed E-state index contributed by atoms with van der Waals surface area (Å²) in [6.45, 7) is 0. The topological polar surface area (TPSA) is 66.5 Å². The van der Waals surface area contributed by atoms with Crippen molar-refractivity contribution in [1.29, 1.82) is 0 Å². The lowest BCUT2D eigenvalue weighted by molar-refractivity contribution is -0.127. The van der Waals surface area contributed by atoms with Crippen molar-refractivity contribution in [3.63, 3.8) is 0 Å². The van der Waals surface area contributed by atoms with Gasteiger partial charge in [-0.15, -0.1) is 0 Å². The molecule has 1 aliphatic rings. The van der Waals surface area contributed by atoms with Crippen molar-refractivity contribution in [2.24, 2.45) is 0 Å². The van der Waals surface area contributed by atoms with Crippen LogP contribution in [-0.4, -0.2) is 26.3 Å². The highest BCUT2D eigenvalue weighted by Crippen LogP contribution is 2.34. The molecule has 0 bridgehead atoms. The summed E-state index contributed by atoms with van der Waals surface area (Å²) < 4.78 is 53.0. The molecule has 4 aromatic rings. The first-order valence-corrected chi connectivity index (χ1v) is 9.83. The van der Waals surface area contributed by atoms with Crippen molar-refractivity contribution in [2.45, 2.75) is 31.9 Å². The number of aromatic nitrogens is 4. The van der Waals surface area contributed by atoms with E-state index in [2.05, 4.69) is 25.5 Å². The van der Waals surface area contributed by atoms with Gasteiger partial charge in [0, 0.05) is 22.2 Å². The predicted molar refractivity (Wildman–Crippen MR) is 109 cm³/mol. The molecule has 1 aliphatic carbocycles. The number of aromatic amines is 1. The van der Waals surface area contributed by atoms with Gasteiger partial charge in [-0.25, -0.2) is 14.4 Å². The summed E-state index contributed by atoms with van der Waals surface area (Å²) in [5.74, 6) is 0.717. The molecule has 0 spiro atoms. The Morgan fingerprint density at radius 3 is 2.68 bits per heavy atom. The van der Waals surface area contributed by atoms with Gasteiger partial charge in [-0.1, -0.05) is 24.3 Å². The Bertz CT molecular complexity index is 1280. The molecule has 31 heavy (non-hydrogen) atoms. The third kappa shape index (κ3) is 3.83. The zero-order valence-corrected chi connectivity index (χ0v) is 16.2. The second-order valence-corrected chi connectivity index (χ2v) is 7.51. The van der Waals surface area contributed by atoms with Crippen LogP contribution in [0.4, 0.5) is 29.2 Å². The number of H-pyrrole nitrogens is 1. The fourth-order valence-corrected chi connectivity index (χ4v) is 3.96. The van der Waals surface area contributed by atoms with Gasteiger partial charge in [0.15, 0.2) is 11.6 Å². The maximum atomic E-state index is 13.7. The Kier molecular flexibility index (Phi) is 4.60. The van der Waals surface area contributed by atoms with Crippen LogP contribution in [0.2, 0.25) is 0 Å². The quantitative estimate of drug-likeness (QED) is 0.423. The van der Waals surface area contributed by atoms with Crippen molar-refractivity contribution in [1.82, 2.24) is 20.2 Å². The van der Waals surface area contributed by atoms with Crippen LogP contribution in [0.3, 0.4) is 0 Å². The molecule has 2 heterocycles. The van der Waals surface area contributed by atoms with Gasteiger partial charge < -0.3 is 5.32 Å². The maximum absolute atomic E-state index is 13.7. The summed E-state index contributed by atoms with van der Waals surface area (Å²) in [4.78, 5) is 9.15. The first-order chi connectivity index (χ1) is 14.9. The van der Waals surface area contributed by atoms with Crippen LogP contribution in [0.1, 0.15) is 23.2 Å². The number of aryl methyl sites for hydroxylation is 1. The number of halogens is 4. The van der Waals surface area contributed by atoms with Crippen molar-refractivity contribution >= 4 is 22.5 Å². The zero-order chi connectivity index (χ0) is 21.6. The van der Waals surface area contributed by atoms with E-state index in [1.165, 1.54) is 18.2 Å². The number of benzene rings is 2. The van der Waals surface area contributed by atoms with Crippen LogP contribution in [-0.2, 0) is 19.3 Å². The largest absolute Gasteiger partial charge is 0.393 e. The fourth-order valence-electron chi connectivity index (χ4n) is 3.96. The maximum Gasteiger partial charge on any atom is 0.393 e. The third-order valence-electron chi connectivity index (χ3n) is 5.34. The van der Waals surface area contributed by atoms with E-state index in [-0.39, 0.29) is 11.4 Å². The molecule has 2 aromatic heterocycles. The number of alkyl halides is 3. The standard InChI is InChI=1S/C22H17F4N5/c23-13-8-9-18-16(10-13)21(31-30-18)29-20-15-6-3-7-17(15)27-19(28-20)14-5-2-1-4-12(14)11-22(24,25)26/h1-2,4-5,8-10H,3,6-7,11H2,(H2,27,28,29,30,31). The normalized spacial score (nSPS) is 13.5. The van der Waals surface area contributed by atoms with Crippen LogP contribution in [0, 0.1) is 5.82 Å². The van der Waals surface area contributed by atoms with Crippen molar-refractivity contribution < 1.29 is 17.6 Å². The first-order valence-electron chi connectivity index (χ1n) is 9.83. The summed E-state index contributed by atoms with van der Waals surface area (Å²) in [6, 6.07) is 10.6. The van der Waals surface area contributed by atoms with Crippen LogP contribution in [0.25, 0.3) is 22.3 Å². The van der Waals surface area contributed by atoms with E-state index < -0.39 is 18.4 Å². The van der Waals surface area contributed by atoms with Gasteiger partial charge in [0.2, 0.25) is 0 Å². The van der Waals surface area contributed by atoms with Crippen LogP contribution < -0.4 is 5.32 Å². The molecule has 0 atom stereocenters. The lowest BCUT2D eigenvalue weighted by atomic mass is 10.0. The average molecular weight is 427 g/mol. The summed E-state index contributed by atoms with van der Waals surface area (Å²) in [5, 5.41) is 10.8. The van der Waals surface area contributed by atoms with Gasteiger partial charge in [-0.05, 0) is 43.0 Å². The molecule has 0 aliphatic heterocycles. The molecule has 158 valence electrons. The van der Waals surface area contributed by atoms with E-state index in [9.17, 15) is 17.6 Å². The molecule has 0 saturated heterocycles. The molecule has 0 unspecified atom stereocenters. The Morgan fingerprint density at radius 2 is 1.84 bits per heavy atom. The zero-order valence-electron chi connectivity index (χ0n) is 16.2. The SMILES string of the molecule is Fc1ccc2[nH]nc(Nc3nc(-c4ccccc4CC(F)(F)F)nc4c3CCC4)c2c1. The van der Waals surface area contributed by atoms with Gasteiger partial charge in [0.25, 0.3) is 0 Å². The van der Waals surface area contributed by atoms with E-state index in [4.69, 9.17) is 0 Å². The highest BCUT2D eigenvalue weighted by atomic mass is 19.4. The first kappa shape index (κ1) is 19.5. The molecule has 5 rings (SSSR count). The van der Waals surface area contributed by atoms with Crippen LogP contribution in [0.15, 0.2) is 42.5 Å². The molecule has 0 fully saturated rings. The van der Waals surface area contributed by atoms with Gasteiger partial charge >= 0.3 is 6.18 Å². The molecule has 0 radical (unpaired) electrons. The summed E-state index contributed by atoms with van der Waals surface area (Å²) in [6.07, 6.45) is -3.06. The number of hydrogen-bond acceptors (Lipinski definition) is 4. The van der Waals surface area contributed by atoms with Gasteiger partial charge in [-0.2, -0.15) is 18.3 Å². The Labute approximate surface area is 174 Å². The van der Waals surface area contributed by atoms with E-state index in [0.717, 1.165) is 30.5 Å². The smallest absolute Gasteiger partial charge is 0.323 e. The number of hydrogen-bond donors (Lipinski definition) is 2. The minimum absolute atomic E-state index is 0.117. The van der Waals surface area contributed by atoms with E-state index in [0.29, 0.717) is 28.1 Å². The van der Waals surface area contributed by atoms with Gasteiger partial charge in [0.1, 0.15) is 11.6 Å². The lowest BCUT2D eigenvalue weighted by Crippen LogP contribution is -2.13. The minimum atomic E-state index is -4.34. The van der Waals surface area contributed by atoms with E-state index in [1.54, 1.807) is 24.3 Å². The summed E-state index contributed by atoms with van der Waals surface area (Å²) in [5.41, 5.74) is 2.83. The highest BCUT2D eigenvalue weighted by molar-refractivity contribution is 5.91. The number of rotatable bonds is 4. The van der Waals surface area contributed by atoms with Crippen molar-refractivity contribution in [3.8, 4) is 11.4 Å². The molecular formula is C22H17F4N5. The second-order valence-electron chi connectivity index (χ2n) is 7.51. The molecule has 5 nitrogen and oxygen atoms in total. The fraction of sp³-hybridized carbons (Fsp3) is 0.227. The predicted octanol–water partition coefficient (Wildman–Crippen LogP) is 5.50. The number of fused-ring (bicyclic) bond motifs is 2. The Morgan fingerprint density at radius 1 is 1.00 bits per heavy atom. The summed E-state index contributed by atoms with van der Waals surface area (Å²) >= 11 is 0. The Hall–Kier alpha value is -3.49. The van der Waals surface area contributed by atoms with Crippen LogP contribution in [0.5, 0.6) is 0 Å². The molecule has 9 heteroatoms. The number of anilines is 2. The Balaban J connectivity index is 1.60. The van der Waals surface area contributed by atoms with Gasteiger partial charge in [0.05, 0.1) is 11.9 Å². The monoisotopic (exact) mass is 427 g/mol. The minimum Gasteiger partial charge on any atom is -0.323 e. The number of nitrogens with zero attached hydrogens (tertiary/aromatic N) is 3. The molecule has 2 aromatic carbocycles. The highest BCUT2D eigenvalue weighted by Gasteiger charge is 2.30. The second kappa shape index (κ2) is 7.33. The van der Waals surface area contributed by atoms with Crippen molar-refractivity contribution in [3.05, 3.63) is 65.1 Å². The summed E-state index contributed by atoms with van der Waals surface area (Å²) in [7, 11) is 0. The third-order valence-corrected chi connectivity index (χ3v) is 5.34. The van der Waals surface area contributed by atoms with Crippen LogP contribution >= 0.6 is 0 Å². The lowest BCUT2D eigenvalue weighted by Gasteiger charge is -2.14. The molecule has 0 saturated carbocycles. The number of nitrogens with one attached hydrogen (secondary N) is 2. The molecule has 2 N–H and O–H groups in total. The van der Waals surface area contributed by atoms with Gasteiger partial charge in [-0.3, -0.25) is 5.10 Å². The average Bonchev–Trinajstić information content (AvgIpc) is 3.34. The molecular weight excluding hydrogens is 410 g/mol. The van der Waals surface area contributed by atoms with Crippen molar-refractivity contribution in [2.75, 3.05) is 5.32 Å². The molecule has 0 amide bonds. The van der Waals surface area contributed by atoms with E-state index in [1.807, 2.05) is 0 Å². The van der Waals surface area contributed by atoms with E-state index >= 15 is 0 Å².